The van der Waals surface area contributed by atoms with E-state index in [0.29, 0.717) is 36.4 Å². The van der Waals surface area contributed by atoms with E-state index in [1.54, 1.807) is 0 Å². The second-order valence-electron chi connectivity index (χ2n) is 16.4. The summed E-state index contributed by atoms with van der Waals surface area (Å²) in [5.41, 5.74) is -31.2. The van der Waals surface area contributed by atoms with Crippen molar-refractivity contribution in [3.63, 3.8) is 0 Å². The number of nitriles is 6. The molecule has 16 nitrogen and oxygen atoms in total. The Morgan fingerprint density at radius 3 is 0.443 bits per heavy atom. The molecule has 3 aliphatic rings. The van der Waals surface area contributed by atoms with Gasteiger partial charge in [0.2, 0.25) is 35.8 Å². The number of aliphatic imine (C=N–C) groups is 6. The topological polar surface area (TPSA) is 230 Å². The van der Waals surface area contributed by atoms with E-state index in [1.807, 2.05) is 0 Å². The Hall–Kier alpha value is -12.2. The average molecular weight is 1260 g/mol. The number of anilines is 6. The van der Waals surface area contributed by atoms with Crippen molar-refractivity contribution in [2.45, 2.75) is 0 Å². The third kappa shape index (κ3) is 8.40. The number of nitrogens with zero attached hydrogens (tertiary/aromatic N) is 16. The molecular weight excluding hydrogens is 1260 g/mol. The lowest BCUT2D eigenvalue weighted by Gasteiger charge is -2.36. The summed E-state index contributed by atoms with van der Waals surface area (Å²) in [5, 5.41) is 55.6. The first-order valence-electron chi connectivity index (χ1n) is 21.7. The predicted octanol–water partition coefficient (Wildman–Crippen LogP) is 11.5. The molecule has 0 amide bonds. The lowest BCUT2D eigenvalue weighted by molar-refractivity contribution is 0.444. The van der Waals surface area contributed by atoms with Gasteiger partial charge in [-0.3, -0.25) is 14.7 Å². The third-order valence-electron chi connectivity index (χ3n) is 11.9. The van der Waals surface area contributed by atoms with Crippen molar-refractivity contribution in [1.82, 2.24) is 4.90 Å². The second kappa shape index (κ2) is 21.5. The first-order chi connectivity index (χ1) is 41.4. The van der Waals surface area contributed by atoms with Crippen molar-refractivity contribution in [3.05, 3.63) is 173 Å². The molecule has 0 aliphatic carbocycles. The zero-order chi connectivity index (χ0) is 65.0. The number of hydrogen-bond acceptors (Lipinski definition) is 16. The van der Waals surface area contributed by atoms with Gasteiger partial charge in [-0.05, 0) is 0 Å². The molecule has 9 rings (SSSR count). The molecule has 0 saturated carbocycles. The molecule has 0 spiro atoms. The normalized spacial score (nSPS) is 13.1. The highest BCUT2D eigenvalue weighted by molar-refractivity contribution is 6.34. The third-order valence-corrected chi connectivity index (χ3v) is 11.9. The Balaban J connectivity index is 1.54. The summed E-state index contributed by atoms with van der Waals surface area (Å²) in [7, 11) is 0. The molecule has 0 aromatic heterocycles. The van der Waals surface area contributed by atoms with Crippen LogP contribution in [-0.4, -0.2) is 40.7 Å². The van der Waals surface area contributed by atoms with Crippen molar-refractivity contribution < 1.29 is 105 Å². The fourth-order valence-corrected chi connectivity index (χ4v) is 7.98. The van der Waals surface area contributed by atoms with Crippen molar-refractivity contribution in [1.29, 1.82) is 31.6 Å². The van der Waals surface area contributed by atoms with Gasteiger partial charge in [0.25, 0.3) is 0 Å². The van der Waals surface area contributed by atoms with Gasteiger partial charge < -0.3 is 0 Å². The maximum atomic E-state index is 16.4. The summed E-state index contributed by atoms with van der Waals surface area (Å²) < 4.78 is 383. The lowest BCUT2D eigenvalue weighted by atomic mass is 10.1. The fourth-order valence-electron chi connectivity index (χ4n) is 7.98. The smallest absolute Gasteiger partial charge is 0.246 e. The first kappa shape index (κ1) is 60.4. The van der Waals surface area contributed by atoms with Gasteiger partial charge in [0, 0.05) is 0 Å². The summed E-state index contributed by atoms with van der Waals surface area (Å²) in [4.78, 5) is 15.4. The van der Waals surface area contributed by atoms with Crippen LogP contribution >= 0.6 is 0 Å². The van der Waals surface area contributed by atoms with Gasteiger partial charge in [-0.15, -0.1) is 0 Å². The van der Waals surface area contributed by atoms with Crippen LogP contribution in [0, 0.1) is 208 Å². The van der Waals surface area contributed by atoms with E-state index in [1.165, 1.54) is 0 Å². The summed E-state index contributed by atoms with van der Waals surface area (Å²) in [6, 6.07) is 3.41. The molecule has 6 aromatic carbocycles. The van der Waals surface area contributed by atoms with Crippen LogP contribution in [0.2, 0.25) is 0 Å². The zero-order valence-electron chi connectivity index (χ0n) is 40.2. The Labute approximate surface area is 465 Å². The van der Waals surface area contributed by atoms with E-state index in [0.717, 1.165) is 0 Å². The number of hydrogen-bond donors (Lipinski definition) is 0. The lowest BCUT2D eigenvalue weighted by Crippen LogP contribution is -2.52. The zero-order valence-corrected chi connectivity index (χ0v) is 40.2. The van der Waals surface area contributed by atoms with E-state index < -0.39 is 258 Å². The van der Waals surface area contributed by atoms with Crippen LogP contribution in [0.15, 0.2) is 30.0 Å². The van der Waals surface area contributed by atoms with Crippen LogP contribution in [0.25, 0.3) is 0 Å². The van der Waals surface area contributed by atoms with Crippen LogP contribution in [-0.2, 0) is 0 Å². The highest BCUT2D eigenvalue weighted by atomic mass is 19.2. The molecule has 6 aromatic rings. The van der Waals surface area contributed by atoms with Crippen LogP contribution in [0.4, 0.5) is 139 Å². The maximum absolute atomic E-state index is 16.4. The van der Waals surface area contributed by atoms with Crippen LogP contribution in [0.3, 0.4) is 0 Å². The second-order valence-corrected chi connectivity index (χ2v) is 16.4. The van der Waals surface area contributed by atoms with Gasteiger partial charge in [-0.25, -0.2) is 110 Å². The molecule has 0 atom stereocenters. The minimum Gasteiger partial charge on any atom is -0.267 e. The molecule has 0 radical (unpaired) electrons. The highest BCUT2D eigenvalue weighted by Crippen LogP contribution is 2.46. The summed E-state index contributed by atoms with van der Waals surface area (Å²) >= 11 is 0. The first-order valence-corrected chi connectivity index (χ1v) is 21.7. The van der Waals surface area contributed by atoms with E-state index in [4.69, 9.17) is 0 Å². The molecule has 0 N–H and O–H groups in total. The molecule has 40 heteroatoms. The summed E-state index contributed by atoms with van der Waals surface area (Å²) in [6.45, 7) is 0. The van der Waals surface area contributed by atoms with E-state index in [2.05, 4.69) is 30.0 Å². The number of halogens is 24. The van der Waals surface area contributed by atoms with Gasteiger partial charge in [0.15, 0.2) is 140 Å². The molecular formula is C48F24N16. The van der Waals surface area contributed by atoms with E-state index in [9.17, 15) is 31.6 Å². The summed E-state index contributed by atoms with van der Waals surface area (Å²) in [6.07, 6.45) is 0. The van der Waals surface area contributed by atoms with Crippen LogP contribution < -0.4 is 14.7 Å². The average Bonchev–Trinajstić information content (AvgIpc) is 1.12. The molecule has 88 heavy (non-hydrogen) atoms. The Morgan fingerprint density at radius 2 is 0.330 bits per heavy atom. The Morgan fingerprint density at radius 1 is 0.205 bits per heavy atom. The van der Waals surface area contributed by atoms with Crippen molar-refractivity contribution in [3.8, 4) is 36.4 Å². The molecule has 0 unspecified atom stereocenters. The van der Waals surface area contributed by atoms with Gasteiger partial charge >= 0.3 is 0 Å². The quantitative estimate of drug-likeness (QED) is 0.113. The minimum absolute atomic E-state index is 0.372. The molecule has 0 saturated heterocycles. The molecule has 3 aliphatic heterocycles. The van der Waals surface area contributed by atoms with Gasteiger partial charge in [0.05, 0.1) is 0 Å². The SMILES string of the molecule is N#Cc1c(F)c(F)c(N(C2=NC3=NC(N(c4c(F)c(F)c(C#N)c(F)c4F)c4c(F)c(F)c(C#N)c(F)c4F)=NC4=NC(N(c5c(F)c(F)c(C#N)c(F)c5F)c5c(F)c(F)c(C#N)c(F)c5F)=NC(=N2)N34)c2c(F)c(F)c(C#N)c(F)c2F)c(F)c1F. The Bertz CT molecular complexity index is 3910. The standard InChI is InChI=1S/C48F24N16/c49-13-7(1-73)14(50)26(62)37(25(13)61)85(38-27(63)15(51)8(2-74)16(52)28(38)64)43-79-46-81-44(86(39-29(65)17(53)9(3-75)18(54)30(39)66)40-31(67)19(55)10(4-76)20(56)32(40)68)83-48-84-45(82-47(80-43)88(46)48)87(41-33(69)21(57)11(5-77)22(58)34(41)70)42-35(71)23(59)12(6-78)24(60)36(42)72. The Kier molecular flexibility index (Phi) is 14.7. The minimum atomic E-state index is -3.16. The van der Waals surface area contributed by atoms with E-state index in [-0.39, 0.29) is 4.90 Å². The summed E-state index contributed by atoms with van der Waals surface area (Å²) in [5.74, 6) is -87.5. The predicted molar refractivity (Wildman–Crippen MR) is 239 cm³/mol. The molecule has 0 bridgehead atoms. The van der Waals surface area contributed by atoms with Crippen LogP contribution in [0.5, 0.6) is 0 Å². The fraction of sp³-hybridized carbons (Fsp3) is 0. The van der Waals surface area contributed by atoms with Crippen molar-refractivity contribution in [2.75, 3.05) is 14.7 Å². The number of guanidine groups is 6. The van der Waals surface area contributed by atoms with E-state index >= 15 is 105 Å². The van der Waals surface area contributed by atoms with Gasteiger partial charge in [-0.2, -0.15) is 61.5 Å². The number of rotatable bonds is 6. The van der Waals surface area contributed by atoms with Gasteiger partial charge in [-0.1, -0.05) is 0 Å². The number of benzene rings is 6. The highest BCUT2D eigenvalue weighted by Gasteiger charge is 2.47. The largest absolute Gasteiger partial charge is 0.267 e. The van der Waals surface area contributed by atoms with Crippen molar-refractivity contribution >= 4 is 69.9 Å². The molecule has 3 heterocycles. The monoisotopic (exact) mass is 1260 g/mol. The van der Waals surface area contributed by atoms with Crippen LogP contribution in [0.1, 0.15) is 33.4 Å². The molecule has 0 fully saturated rings. The van der Waals surface area contributed by atoms with Gasteiger partial charge in [0.1, 0.15) is 104 Å². The maximum Gasteiger partial charge on any atom is 0.246 e. The molecule has 440 valence electrons. The van der Waals surface area contributed by atoms with Crippen molar-refractivity contribution in [2.24, 2.45) is 30.0 Å².